The van der Waals surface area contributed by atoms with Crippen molar-refractivity contribution in [2.45, 2.75) is 0 Å². The topological polar surface area (TPSA) is 70.2 Å². The number of nitrogens with one attached hydrogen (secondary N) is 2. The number of aromatic amines is 2. The van der Waals surface area contributed by atoms with E-state index in [1.54, 1.807) is 12.4 Å². The van der Waals surface area contributed by atoms with E-state index in [2.05, 4.69) is 57.4 Å². The maximum Gasteiger partial charge on any atom is 0.0737 e. The molecule has 6 heterocycles. The SMILES string of the molecule is C1=Cc2nc1cc1ccc(cc3ccc(cc4nc(c2-c2ccncc2)C=C4)[nH]3)[nH]1. The van der Waals surface area contributed by atoms with E-state index < -0.39 is 0 Å². The highest BCUT2D eigenvalue weighted by molar-refractivity contribution is 5.88. The van der Waals surface area contributed by atoms with Gasteiger partial charge in [0.15, 0.2) is 0 Å². The Balaban J connectivity index is 1.73. The Morgan fingerprint density at radius 3 is 1.57 bits per heavy atom. The molecule has 0 unspecified atom stereocenters. The summed E-state index contributed by atoms with van der Waals surface area (Å²) in [5, 5.41) is 0. The van der Waals surface area contributed by atoms with E-state index in [1.165, 1.54) is 0 Å². The normalized spacial score (nSPS) is 12.4. The van der Waals surface area contributed by atoms with E-state index in [0.717, 1.165) is 56.0 Å². The molecule has 0 saturated heterocycles. The zero-order valence-electron chi connectivity index (χ0n) is 16.0. The first-order valence-electron chi connectivity index (χ1n) is 9.78. The van der Waals surface area contributed by atoms with Gasteiger partial charge in [-0.15, -0.1) is 0 Å². The van der Waals surface area contributed by atoms with Crippen LogP contribution >= 0.6 is 0 Å². The Morgan fingerprint density at radius 1 is 0.533 bits per heavy atom. The number of hydrogen-bond acceptors (Lipinski definition) is 3. The second kappa shape index (κ2) is 6.67. The van der Waals surface area contributed by atoms with Gasteiger partial charge < -0.3 is 9.97 Å². The van der Waals surface area contributed by atoms with E-state index in [1.807, 2.05) is 36.4 Å². The van der Waals surface area contributed by atoms with E-state index in [9.17, 15) is 0 Å². The van der Waals surface area contributed by atoms with Crippen molar-refractivity contribution in [3.05, 3.63) is 89.8 Å². The standard InChI is InChI=1S/C25H17N5/c1-3-19-14-21-5-7-23(29-21)25(16-9-11-26-12-10-16)24-8-6-22(30-24)15-20-4-2-18(28-20)13-17(1)27-19/h1-15,27-28H. The van der Waals surface area contributed by atoms with Crippen molar-refractivity contribution >= 4 is 46.4 Å². The molecule has 2 aliphatic rings. The van der Waals surface area contributed by atoms with E-state index in [4.69, 9.17) is 9.97 Å². The Hall–Kier alpha value is -4.25. The number of hydrogen-bond donors (Lipinski definition) is 2. The van der Waals surface area contributed by atoms with Gasteiger partial charge in [0.2, 0.25) is 0 Å². The summed E-state index contributed by atoms with van der Waals surface area (Å²) in [4.78, 5) is 20.8. The lowest BCUT2D eigenvalue weighted by atomic mass is 10.0. The third-order valence-corrected chi connectivity index (χ3v) is 5.18. The van der Waals surface area contributed by atoms with Crippen LogP contribution in [-0.2, 0) is 0 Å². The molecule has 142 valence electrons. The van der Waals surface area contributed by atoms with Crippen molar-refractivity contribution in [1.82, 2.24) is 24.9 Å². The molecule has 8 bridgehead atoms. The van der Waals surface area contributed by atoms with Crippen molar-refractivity contribution in [3.8, 4) is 11.1 Å². The summed E-state index contributed by atoms with van der Waals surface area (Å²) in [6.45, 7) is 0. The predicted octanol–water partition coefficient (Wildman–Crippen LogP) is 5.72. The summed E-state index contributed by atoms with van der Waals surface area (Å²) in [5.74, 6) is 0. The highest BCUT2D eigenvalue weighted by Crippen LogP contribution is 2.30. The van der Waals surface area contributed by atoms with Crippen LogP contribution in [-0.4, -0.2) is 24.9 Å². The monoisotopic (exact) mass is 387 g/mol. The molecule has 0 atom stereocenters. The minimum Gasteiger partial charge on any atom is -0.355 e. The Bertz CT molecular complexity index is 1390. The highest BCUT2D eigenvalue weighted by Gasteiger charge is 2.13. The van der Waals surface area contributed by atoms with Crippen LogP contribution in [0.2, 0.25) is 0 Å². The van der Waals surface area contributed by atoms with Crippen LogP contribution in [0, 0.1) is 0 Å². The summed E-state index contributed by atoms with van der Waals surface area (Å²) in [6.07, 6.45) is 11.8. The molecule has 2 aliphatic heterocycles. The molecule has 0 radical (unpaired) electrons. The molecule has 5 nitrogen and oxygen atoms in total. The van der Waals surface area contributed by atoms with Gasteiger partial charge >= 0.3 is 0 Å². The molecule has 4 aromatic heterocycles. The first-order valence-corrected chi connectivity index (χ1v) is 9.78. The quantitative estimate of drug-likeness (QED) is 0.379. The van der Waals surface area contributed by atoms with Gasteiger partial charge in [-0.3, -0.25) is 4.98 Å². The molecule has 0 amide bonds. The van der Waals surface area contributed by atoms with Crippen molar-refractivity contribution in [3.63, 3.8) is 0 Å². The fourth-order valence-electron chi connectivity index (χ4n) is 3.82. The van der Waals surface area contributed by atoms with Crippen LogP contribution < -0.4 is 0 Å². The summed E-state index contributed by atoms with van der Waals surface area (Å²) in [7, 11) is 0. The number of H-pyrrole nitrogens is 2. The van der Waals surface area contributed by atoms with Crippen molar-refractivity contribution in [2.75, 3.05) is 0 Å². The fraction of sp³-hybridized carbons (Fsp3) is 0. The van der Waals surface area contributed by atoms with Crippen LogP contribution in [0.5, 0.6) is 0 Å². The summed E-state index contributed by atoms with van der Waals surface area (Å²) >= 11 is 0. The molecule has 6 rings (SSSR count). The second-order valence-electron chi connectivity index (χ2n) is 7.29. The number of pyridine rings is 1. The highest BCUT2D eigenvalue weighted by atomic mass is 14.8. The maximum absolute atomic E-state index is 4.88. The van der Waals surface area contributed by atoms with Crippen molar-refractivity contribution in [1.29, 1.82) is 0 Å². The van der Waals surface area contributed by atoms with E-state index in [0.29, 0.717) is 0 Å². The van der Waals surface area contributed by atoms with Gasteiger partial charge in [-0.05, 0) is 84.5 Å². The lowest BCUT2D eigenvalue weighted by molar-refractivity contribution is 1.26. The number of aromatic nitrogens is 5. The zero-order valence-corrected chi connectivity index (χ0v) is 16.0. The molecule has 2 N–H and O–H groups in total. The van der Waals surface area contributed by atoms with Gasteiger partial charge in [0.05, 0.1) is 22.8 Å². The van der Waals surface area contributed by atoms with Gasteiger partial charge in [0.25, 0.3) is 0 Å². The van der Waals surface area contributed by atoms with Crippen molar-refractivity contribution < 1.29 is 0 Å². The average molecular weight is 387 g/mol. The molecule has 30 heavy (non-hydrogen) atoms. The first kappa shape index (κ1) is 16.7. The van der Waals surface area contributed by atoms with Gasteiger partial charge in [-0.2, -0.15) is 0 Å². The first-order chi connectivity index (χ1) is 14.8. The molecular weight excluding hydrogens is 370 g/mol. The van der Waals surface area contributed by atoms with Crippen LogP contribution in [0.15, 0.2) is 67.0 Å². The Labute approximate surface area is 172 Å². The lowest BCUT2D eigenvalue weighted by Gasteiger charge is -2.03. The van der Waals surface area contributed by atoms with Crippen LogP contribution in [0.25, 0.3) is 57.5 Å². The molecule has 0 spiro atoms. The smallest absolute Gasteiger partial charge is 0.0737 e. The second-order valence-corrected chi connectivity index (χ2v) is 7.29. The van der Waals surface area contributed by atoms with Gasteiger partial charge in [-0.25, -0.2) is 9.97 Å². The molecule has 0 saturated carbocycles. The van der Waals surface area contributed by atoms with Crippen molar-refractivity contribution in [2.24, 2.45) is 0 Å². The van der Waals surface area contributed by atoms with Gasteiger partial charge in [0.1, 0.15) is 0 Å². The van der Waals surface area contributed by atoms with E-state index in [-0.39, 0.29) is 0 Å². The third-order valence-electron chi connectivity index (χ3n) is 5.18. The fourth-order valence-corrected chi connectivity index (χ4v) is 3.82. The Kier molecular flexibility index (Phi) is 3.71. The number of fused-ring (bicyclic) bond motifs is 8. The molecule has 4 aromatic rings. The average Bonchev–Trinajstić information content (AvgIpc) is 3.54. The van der Waals surface area contributed by atoms with Crippen LogP contribution in [0.1, 0.15) is 22.8 Å². The van der Waals surface area contributed by atoms with Gasteiger partial charge in [0, 0.05) is 40.0 Å². The van der Waals surface area contributed by atoms with Crippen LogP contribution in [0.3, 0.4) is 0 Å². The number of nitrogens with zero attached hydrogens (tertiary/aromatic N) is 3. The zero-order chi connectivity index (χ0) is 19.9. The predicted molar refractivity (Wildman–Crippen MR) is 122 cm³/mol. The largest absolute Gasteiger partial charge is 0.355 e. The summed E-state index contributed by atoms with van der Waals surface area (Å²) in [6, 6.07) is 18.4. The minimum atomic E-state index is 0.893. The molecule has 0 aromatic carbocycles. The minimum absolute atomic E-state index is 0.893. The van der Waals surface area contributed by atoms with Gasteiger partial charge in [-0.1, -0.05) is 0 Å². The molecule has 0 fully saturated rings. The Morgan fingerprint density at radius 2 is 1.03 bits per heavy atom. The molecule has 5 heteroatoms. The van der Waals surface area contributed by atoms with E-state index >= 15 is 0 Å². The summed E-state index contributed by atoms with van der Waals surface area (Å²) < 4.78 is 0. The molecule has 0 aliphatic carbocycles. The molecular formula is C25H17N5. The maximum atomic E-state index is 4.88. The lowest BCUT2D eigenvalue weighted by Crippen LogP contribution is -1.89. The summed E-state index contributed by atoms with van der Waals surface area (Å²) in [5.41, 5.74) is 9.71. The third kappa shape index (κ3) is 3.02. The number of rotatable bonds is 1. The van der Waals surface area contributed by atoms with Crippen LogP contribution in [0.4, 0.5) is 0 Å².